The van der Waals surface area contributed by atoms with E-state index in [1.165, 1.54) is 11.6 Å². The van der Waals surface area contributed by atoms with Crippen molar-refractivity contribution in [2.24, 2.45) is 5.73 Å². The Balaban J connectivity index is 3.21. The molecule has 1 aromatic rings. The van der Waals surface area contributed by atoms with E-state index in [1.807, 2.05) is 13.8 Å². The Kier molecular flexibility index (Phi) is 4.53. The van der Waals surface area contributed by atoms with Crippen molar-refractivity contribution < 1.29 is 9.90 Å². The van der Waals surface area contributed by atoms with Crippen LogP contribution in [0.15, 0.2) is 24.3 Å². The van der Waals surface area contributed by atoms with Gasteiger partial charge in [0.1, 0.15) is 0 Å². The first-order valence-corrected chi connectivity index (χ1v) is 6.41. The molecule has 0 fully saturated rings. The Bertz CT molecular complexity index is 487. The minimum Gasteiger partial charge on any atom is -0.478 e. The van der Waals surface area contributed by atoms with Crippen molar-refractivity contribution in [2.45, 2.75) is 46.1 Å². The second kappa shape index (κ2) is 5.57. The largest absolute Gasteiger partial charge is 0.478 e. The number of benzene rings is 1. The molecule has 3 nitrogen and oxygen atoms in total. The average Bonchev–Trinajstić information content (AvgIpc) is 2.24. The van der Waals surface area contributed by atoms with E-state index in [9.17, 15) is 4.79 Å². The van der Waals surface area contributed by atoms with Crippen molar-refractivity contribution in [1.29, 1.82) is 0 Å². The SMILES string of the molecule is Cc1cc(C(C)(C)C)cc(C)c1C(N)/C=C/C(=O)O. The van der Waals surface area contributed by atoms with E-state index in [0.717, 1.165) is 22.8 Å². The minimum absolute atomic E-state index is 0.0923. The molecule has 0 aliphatic carbocycles. The summed E-state index contributed by atoms with van der Waals surface area (Å²) in [7, 11) is 0. The zero-order valence-corrected chi connectivity index (χ0v) is 12.3. The number of carbonyl (C=O) groups is 1. The second-order valence-corrected chi connectivity index (χ2v) is 6.00. The first-order valence-electron chi connectivity index (χ1n) is 6.41. The third kappa shape index (κ3) is 3.93. The second-order valence-electron chi connectivity index (χ2n) is 6.00. The Morgan fingerprint density at radius 2 is 1.74 bits per heavy atom. The molecular weight excluding hydrogens is 238 g/mol. The molecule has 0 saturated heterocycles. The molecule has 0 bridgehead atoms. The number of carboxylic acid groups (broad SMARTS) is 1. The third-order valence-corrected chi connectivity index (χ3v) is 3.24. The standard InChI is InChI=1S/C16H23NO2/c1-10-8-12(16(3,4)5)9-11(2)15(10)13(17)6-7-14(18)19/h6-9,13H,17H2,1-5H3,(H,18,19)/b7-6+. The highest BCUT2D eigenvalue weighted by Crippen LogP contribution is 2.29. The average molecular weight is 261 g/mol. The van der Waals surface area contributed by atoms with Gasteiger partial charge in [0.25, 0.3) is 0 Å². The Morgan fingerprint density at radius 1 is 1.26 bits per heavy atom. The van der Waals surface area contributed by atoms with Crippen molar-refractivity contribution >= 4 is 5.97 Å². The predicted molar refractivity (Wildman–Crippen MR) is 78.3 cm³/mol. The van der Waals surface area contributed by atoms with Gasteiger partial charge in [-0.2, -0.15) is 0 Å². The molecule has 1 rings (SSSR count). The maximum absolute atomic E-state index is 10.5. The van der Waals surface area contributed by atoms with Gasteiger partial charge in [-0.1, -0.05) is 39.0 Å². The van der Waals surface area contributed by atoms with Gasteiger partial charge in [-0.05, 0) is 41.5 Å². The molecule has 19 heavy (non-hydrogen) atoms. The number of aryl methyl sites for hydroxylation is 2. The molecule has 0 amide bonds. The summed E-state index contributed by atoms with van der Waals surface area (Å²) in [6, 6.07) is 3.89. The van der Waals surface area contributed by atoms with Gasteiger partial charge in [-0.25, -0.2) is 4.79 Å². The quantitative estimate of drug-likeness (QED) is 0.821. The van der Waals surface area contributed by atoms with E-state index in [-0.39, 0.29) is 11.5 Å². The molecule has 0 spiro atoms. The summed E-state index contributed by atoms with van der Waals surface area (Å²) in [5.41, 5.74) is 10.6. The van der Waals surface area contributed by atoms with E-state index in [4.69, 9.17) is 10.8 Å². The van der Waals surface area contributed by atoms with Gasteiger partial charge in [0.2, 0.25) is 0 Å². The van der Waals surface area contributed by atoms with Crippen molar-refractivity contribution in [3.8, 4) is 0 Å². The fraction of sp³-hybridized carbons (Fsp3) is 0.438. The number of carboxylic acids is 1. The van der Waals surface area contributed by atoms with Crippen LogP contribution in [0.2, 0.25) is 0 Å². The molecule has 1 atom stereocenters. The van der Waals surface area contributed by atoms with Crippen molar-refractivity contribution in [2.75, 3.05) is 0 Å². The normalized spacial score (nSPS) is 13.8. The fourth-order valence-corrected chi connectivity index (χ4v) is 2.22. The van der Waals surface area contributed by atoms with Gasteiger partial charge >= 0.3 is 5.97 Å². The van der Waals surface area contributed by atoms with Crippen LogP contribution in [0.5, 0.6) is 0 Å². The topological polar surface area (TPSA) is 63.3 Å². The minimum atomic E-state index is -0.975. The van der Waals surface area contributed by atoms with Crippen LogP contribution >= 0.6 is 0 Å². The maximum Gasteiger partial charge on any atom is 0.328 e. The van der Waals surface area contributed by atoms with E-state index in [0.29, 0.717) is 0 Å². The van der Waals surface area contributed by atoms with Gasteiger partial charge < -0.3 is 10.8 Å². The first-order chi connectivity index (χ1) is 8.62. The third-order valence-electron chi connectivity index (χ3n) is 3.24. The maximum atomic E-state index is 10.5. The molecule has 0 heterocycles. The summed E-state index contributed by atoms with van der Waals surface area (Å²) in [6.45, 7) is 10.6. The lowest BCUT2D eigenvalue weighted by Gasteiger charge is -2.23. The van der Waals surface area contributed by atoms with Gasteiger partial charge in [-0.3, -0.25) is 0 Å². The van der Waals surface area contributed by atoms with Gasteiger partial charge in [0.15, 0.2) is 0 Å². The van der Waals surface area contributed by atoms with E-state index in [1.54, 1.807) is 0 Å². The highest BCUT2D eigenvalue weighted by Gasteiger charge is 2.18. The van der Waals surface area contributed by atoms with Crippen molar-refractivity contribution in [3.05, 3.63) is 46.5 Å². The van der Waals surface area contributed by atoms with Gasteiger partial charge in [0, 0.05) is 12.1 Å². The number of nitrogens with two attached hydrogens (primary N) is 1. The van der Waals surface area contributed by atoms with E-state index >= 15 is 0 Å². The van der Waals surface area contributed by atoms with Gasteiger partial charge in [0.05, 0.1) is 0 Å². The Hall–Kier alpha value is -1.61. The monoisotopic (exact) mass is 261 g/mol. The van der Waals surface area contributed by atoms with Crippen LogP contribution < -0.4 is 5.73 Å². The van der Waals surface area contributed by atoms with Crippen LogP contribution in [0.4, 0.5) is 0 Å². The van der Waals surface area contributed by atoms with Crippen LogP contribution in [0.25, 0.3) is 0 Å². The zero-order valence-electron chi connectivity index (χ0n) is 12.3. The van der Waals surface area contributed by atoms with Crippen LogP contribution in [0.3, 0.4) is 0 Å². The highest BCUT2D eigenvalue weighted by molar-refractivity contribution is 5.79. The molecule has 1 aromatic carbocycles. The summed E-state index contributed by atoms with van der Waals surface area (Å²) in [6.07, 6.45) is 2.62. The fourth-order valence-electron chi connectivity index (χ4n) is 2.22. The molecule has 0 aliphatic rings. The first kappa shape index (κ1) is 15.4. The van der Waals surface area contributed by atoms with E-state index in [2.05, 4.69) is 32.9 Å². The Labute approximate surface area is 115 Å². The molecule has 104 valence electrons. The zero-order chi connectivity index (χ0) is 14.8. The lowest BCUT2D eigenvalue weighted by Crippen LogP contribution is -2.16. The number of hydrogen-bond acceptors (Lipinski definition) is 2. The summed E-state index contributed by atoms with van der Waals surface area (Å²) in [4.78, 5) is 10.5. The molecule has 0 saturated carbocycles. The molecular formula is C16H23NO2. The molecule has 1 unspecified atom stereocenters. The highest BCUT2D eigenvalue weighted by atomic mass is 16.4. The lowest BCUT2D eigenvalue weighted by molar-refractivity contribution is -0.131. The van der Waals surface area contributed by atoms with Crippen molar-refractivity contribution in [3.63, 3.8) is 0 Å². The van der Waals surface area contributed by atoms with Crippen LogP contribution in [-0.4, -0.2) is 11.1 Å². The summed E-state index contributed by atoms with van der Waals surface area (Å²) in [5, 5.41) is 8.66. The van der Waals surface area contributed by atoms with Crippen molar-refractivity contribution in [1.82, 2.24) is 0 Å². The predicted octanol–water partition coefficient (Wildman–Crippen LogP) is 3.24. The van der Waals surface area contributed by atoms with Crippen LogP contribution in [-0.2, 0) is 10.2 Å². The summed E-state index contributed by atoms with van der Waals surface area (Å²) in [5.74, 6) is -0.975. The van der Waals surface area contributed by atoms with E-state index < -0.39 is 5.97 Å². The Morgan fingerprint density at radius 3 is 2.11 bits per heavy atom. The smallest absolute Gasteiger partial charge is 0.328 e. The molecule has 0 aromatic heterocycles. The van der Waals surface area contributed by atoms with Crippen LogP contribution in [0, 0.1) is 13.8 Å². The number of aliphatic carboxylic acids is 1. The summed E-state index contributed by atoms with van der Waals surface area (Å²) >= 11 is 0. The number of hydrogen-bond donors (Lipinski definition) is 2. The lowest BCUT2D eigenvalue weighted by atomic mass is 9.82. The van der Waals surface area contributed by atoms with Gasteiger partial charge in [-0.15, -0.1) is 0 Å². The van der Waals surface area contributed by atoms with Crippen LogP contribution in [0.1, 0.15) is 49.1 Å². The molecule has 0 aliphatic heterocycles. The molecule has 3 N–H and O–H groups in total. The molecule has 3 heteroatoms. The molecule has 0 radical (unpaired) electrons. The number of rotatable bonds is 3. The summed E-state index contributed by atoms with van der Waals surface area (Å²) < 4.78 is 0.